The van der Waals surface area contributed by atoms with E-state index in [0.29, 0.717) is 21.0 Å². The van der Waals surface area contributed by atoms with Gasteiger partial charge in [-0.25, -0.2) is 0 Å². The summed E-state index contributed by atoms with van der Waals surface area (Å²) in [6.07, 6.45) is 0. The third-order valence-corrected chi connectivity index (χ3v) is 5.61. The van der Waals surface area contributed by atoms with Crippen molar-refractivity contribution in [2.24, 2.45) is 7.05 Å². The molecule has 0 spiro atoms. The van der Waals surface area contributed by atoms with Crippen LogP contribution in [0.2, 0.25) is 10.0 Å². The number of carbonyl (C=O) groups is 1. The summed E-state index contributed by atoms with van der Waals surface area (Å²) in [5, 5.41) is 12.9. The molecule has 0 unspecified atom stereocenters. The summed E-state index contributed by atoms with van der Waals surface area (Å²) in [6, 6.07) is 11.3. The zero-order valence-corrected chi connectivity index (χ0v) is 17.4. The zero-order chi connectivity index (χ0) is 19.6. The van der Waals surface area contributed by atoms with Crippen LogP contribution in [0.3, 0.4) is 0 Å². The molecule has 0 atom stereocenters. The summed E-state index contributed by atoms with van der Waals surface area (Å²) in [6.45, 7) is 4.00. The number of thioether (sulfide) groups is 1. The van der Waals surface area contributed by atoms with Gasteiger partial charge in [0, 0.05) is 18.3 Å². The Hall–Kier alpha value is -2.02. The average Bonchev–Trinajstić information content (AvgIpc) is 2.95. The fourth-order valence-corrected chi connectivity index (χ4v) is 3.71. The highest BCUT2D eigenvalue weighted by Gasteiger charge is 2.14. The number of hydrogen-bond donors (Lipinski definition) is 1. The van der Waals surface area contributed by atoms with Crippen LogP contribution >= 0.6 is 35.0 Å². The predicted octanol–water partition coefficient (Wildman–Crippen LogP) is 5.14. The molecule has 0 aliphatic heterocycles. The van der Waals surface area contributed by atoms with Crippen LogP contribution in [0.4, 0.5) is 5.69 Å². The van der Waals surface area contributed by atoms with Gasteiger partial charge in [-0.05, 0) is 55.3 Å². The fourth-order valence-electron chi connectivity index (χ4n) is 2.70. The van der Waals surface area contributed by atoms with Gasteiger partial charge in [0.25, 0.3) is 0 Å². The number of aromatic nitrogens is 3. The minimum absolute atomic E-state index is 0.0934. The SMILES string of the molecule is Cc1cc(C)cc(NC(=O)CSc2nnc(-c3ccc(Cl)c(Cl)c3)n2C)c1. The molecule has 3 rings (SSSR count). The molecule has 0 bridgehead atoms. The molecule has 8 heteroatoms. The molecule has 3 aromatic rings. The van der Waals surface area contributed by atoms with E-state index in [4.69, 9.17) is 23.2 Å². The van der Waals surface area contributed by atoms with Gasteiger partial charge in [0.05, 0.1) is 15.8 Å². The third-order valence-electron chi connectivity index (χ3n) is 3.85. The van der Waals surface area contributed by atoms with Gasteiger partial charge in [-0.1, -0.05) is 41.0 Å². The van der Waals surface area contributed by atoms with E-state index in [1.807, 2.05) is 43.7 Å². The lowest BCUT2D eigenvalue weighted by atomic mass is 10.1. The van der Waals surface area contributed by atoms with Gasteiger partial charge in [-0.3, -0.25) is 4.79 Å². The molecular formula is C19H18Cl2N4OS. The quantitative estimate of drug-likeness (QED) is 0.580. The van der Waals surface area contributed by atoms with Crippen molar-refractivity contribution in [3.05, 3.63) is 57.6 Å². The molecule has 1 N–H and O–H groups in total. The van der Waals surface area contributed by atoms with Crippen molar-refractivity contribution in [3.8, 4) is 11.4 Å². The van der Waals surface area contributed by atoms with E-state index in [1.54, 1.807) is 12.1 Å². The molecule has 2 aromatic carbocycles. The minimum Gasteiger partial charge on any atom is -0.325 e. The van der Waals surface area contributed by atoms with E-state index in [9.17, 15) is 4.79 Å². The first-order valence-corrected chi connectivity index (χ1v) is 9.93. The number of carbonyl (C=O) groups excluding carboxylic acids is 1. The lowest BCUT2D eigenvalue weighted by Crippen LogP contribution is -2.14. The molecule has 1 amide bonds. The van der Waals surface area contributed by atoms with Crippen molar-refractivity contribution in [3.63, 3.8) is 0 Å². The van der Waals surface area contributed by atoms with E-state index in [-0.39, 0.29) is 11.7 Å². The maximum absolute atomic E-state index is 12.3. The normalized spacial score (nSPS) is 10.9. The number of halogens is 2. The first kappa shape index (κ1) is 19.7. The number of anilines is 1. The van der Waals surface area contributed by atoms with Gasteiger partial charge >= 0.3 is 0 Å². The Kier molecular flexibility index (Phi) is 6.09. The minimum atomic E-state index is -0.0934. The van der Waals surface area contributed by atoms with Crippen molar-refractivity contribution in [1.82, 2.24) is 14.8 Å². The molecule has 140 valence electrons. The highest BCUT2D eigenvalue weighted by Crippen LogP contribution is 2.29. The first-order chi connectivity index (χ1) is 12.8. The molecule has 1 aromatic heterocycles. The summed E-state index contributed by atoms with van der Waals surface area (Å²) in [7, 11) is 1.85. The van der Waals surface area contributed by atoms with E-state index >= 15 is 0 Å². The van der Waals surface area contributed by atoms with Crippen molar-refractivity contribution < 1.29 is 4.79 Å². The average molecular weight is 421 g/mol. The molecule has 27 heavy (non-hydrogen) atoms. The van der Waals surface area contributed by atoms with Gasteiger partial charge in [-0.2, -0.15) is 0 Å². The smallest absolute Gasteiger partial charge is 0.234 e. The van der Waals surface area contributed by atoms with Gasteiger partial charge in [-0.15, -0.1) is 10.2 Å². The fraction of sp³-hybridized carbons (Fsp3) is 0.211. The summed E-state index contributed by atoms with van der Waals surface area (Å²) < 4.78 is 1.83. The first-order valence-electron chi connectivity index (χ1n) is 8.19. The van der Waals surface area contributed by atoms with Crippen molar-refractivity contribution >= 4 is 46.6 Å². The number of rotatable bonds is 5. The van der Waals surface area contributed by atoms with Gasteiger partial charge < -0.3 is 9.88 Å². The van der Waals surface area contributed by atoms with Crippen LogP contribution in [0.5, 0.6) is 0 Å². The van der Waals surface area contributed by atoms with E-state index in [2.05, 4.69) is 21.6 Å². The van der Waals surface area contributed by atoms with Crippen LogP contribution in [0.1, 0.15) is 11.1 Å². The van der Waals surface area contributed by atoms with Crippen LogP contribution < -0.4 is 5.32 Å². The number of nitrogens with one attached hydrogen (secondary N) is 1. The van der Waals surface area contributed by atoms with E-state index in [0.717, 1.165) is 22.4 Å². The Morgan fingerprint density at radius 3 is 2.44 bits per heavy atom. The number of hydrogen-bond acceptors (Lipinski definition) is 4. The molecule has 1 heterocycles. The Morgan fingerprint density at radius 2 is 1.78 bits per heavy atom. The van der Waals surface area contributed by atoms with Gasteiger partial charge in [0.1, 0.15) is 0 Å². The van der Waals surface area contributed by atoms with Crippen LogP contribution in [-0.2, 0) is 11.8 Å². The largest absolute Gasteiger partial charge is 0.325 e. The highest BCUT2D eigenvalue weighted by molar-refractivity contribution is 7.99. The lowest BCUT2D eigenvalue weighted by molar-refractivity contribution is -0.113. The maximum Gasteiger partial charge on any atom is 0.234 e. The second kappa shape index (κ2) is 8.33. The standard InChI is InChI=1S/C19H18Cl2N4OS/c1-11-6-12(2)8-14(7-11)22-17(26)10-27-19-24-23-18(25(19)3)13-4-5-15(20)16(21)9-13/h4-9H,10H2,1-3H3,(H,22,26). The lowest BCUT2D eigenvalue weighted by Gasteiger charge is -2.08. The molecule has 0 saturated carbocycles. The Balaban J connectivity index is 1.67. The monoisotopic (exact) mass is 420 g/mol. The second-order valence-corrected chi connectivity index (χ2v) is 7.96. The Morgan fingerprint density at radius 1 is 1.07 bits per heavy atom. The van der Waals surface area contributed by atoms with E-state index < -0.39 is 0 Å². The number of benzene rings is 2. The second-order valence-electron chi connectivity index (χ2n) is 6.21. The molecular weight excluding hydrogens is 403 g/mol. The molecule has 5 nitrogen and oxygen atoms in total. The molecule has 0 radical (unpaired) electrons. The summed E-state index contributed by atoms with van der Waals surface area (Å²) >= 11 is 13.4. The topological polar surface area (TPSA) is 59.8 Å². The van der Waals surface area contributed by atoms with Crippen LogP contribution in [0, 0.1) is 13.8 Å². The summed E-state index contributed by atoms with van der Waals surface area (Å²) in [5.41, 5.74) is 3.83. The van der Waals surface area contributed by atoms with Gasteiger partial charge in [0.15, 0.2) is 11.0 Å². The number of aryl methyl sites for hydroxylation is 2. The van der Waals surface area contributed by atoms with Crippen LogP contribution in [0.25, 0.3) is 11.4 Å². The Bertz CT molecular complexity index is 983. The number of nitrogens with zero attached hydrogens (tertiary/aromatic N) is 3. The molecule has 0 saturated heterocycles. The predicted molar refractivity (Wildman–Crippen MR) is 112 cm³/mol. The van der Waals surface area contributed by atoms with Crippen molar-refractivity contribution in [2.45, 2.75) is 19.0 Å². The molecule has 0 aliphatic carbocycles. The van der Waals surface area contributed by atoms with Crippen LogP contribution in [-0.4, -0.2) is 26.4 Å². The van der Waals surface area contributed by atoms with Crippen molar-refractivity contribution in [1.29, 1.82) is 0 Å². The molecule has 0 fully saturated rings. The van der Waals surface area contributed by atoms with Crippen molar-refractivity contribution in [2.75, 3.05) is 11.1 Å². The maximum atomic E-state index is 12.3. The van der Waals surface area contributed by atoms with Crippen LogP contribution in [0.15, 0.2) is 41.6 Å². The summed E-state index contributed by atoms with van der Waals surface area (Å²) in [5.74, 6) is 0.801. The highest BCUT2D eigenvalue weighted by atomic mass is 35.5. The van der Waals surface area contributed by atoms with E-state index in [1.165, 1.54) is 11.8 Å². The number of amides is 1. The third kappa shape index (κ3) is 4.83. The molecule has 0 aliphatic rings. The summed E-state index contributed by atoms with van der Waals surface area (Å²) in [4.78, 5) is 12.3. The van der Waals surface area contributed by atoms with Gasteiger partial charge in [0.2, 0.25) is 5.91 Å². The Labute approximate surface area is 172 Å². The zero-order valence-electron chi connectivity index (χ0n) is 15.1.